The van der Waals surface area contributed by atoms with E-state index in [9.17, 15) is 10.1 Å². The molecule has 101 valence electrons. The molecule has 5 nitrogen and oxygen atoms in total. The van der Waals surface area contributed by atoms with E-state index in [1.165, 1.54) is 24.3 Å². The highest BCUT2D eigenvalue weighted by Gasteiger charge is 2.23. The van der Waals surface area contributed by atoms with Crippen molar-refractivity contribution < 1.29 is 4.92 Å². The Labute approximate surface area is 129 Å². The molecule has 0 fully saturated rings. The maximum absolute atomic E-state index is 11.2. The van der Waals surface area contributed by atoms with Gasteiger partial charge >= 0.3 is 0 Å². The lowest BCUT2D eigenvalue weighted by Crippen LogP contribution is -1.95. The molecule has 0 atom stereocenters. The number of hydrogen-bond acceptors (Lipinski definition) is 4. The fourth-order valence-electron chi connectivity index (χ4n) is 1.82. The summed E-state index contributed by atoms with van der Waals surface area (Å²) in [6, 6.07) is 11.8. The highest BCUT2D eigenvalue weighted by Crippen LogP contribution is 2.41. The number of hydrogen-bond donors (Lipinski definition) is 0. The summed E-state index contributed by atoms with van der Waals surface area (Å²) in [4.78, 5) is 10.5. The van der Waals surface area contributed by atoms with Crippen LogP contribution in [0.15, 0.2) is 24.3 Å². The SMILES string of the molecule is N#Cc1ccc(-c2c(Cl)[c]cc(Cl)c2[N+](=O)[O-])cc1C#N. The lowest BCUT2D eigenvalue weighted by molar-refractivity contribution is -0.384. The number of nitrogens with zero attached hydrogens (tertiary/aromatic N) is 3. The first-order valence-electron chi connectivity index (χ1n) is 5.48. The molecule has 0 unspecified atom stereocenters. The first-order valence-corrected chi connectivity index (χ1v) is 6.24. The van der Waals surface area contributed by atoms with E-state index < -0.39 is 4.92 Å². The summed E-state index contributed by atoms with van der Waals surface area (Å²) >= 11 is 11.8. The van der Waals surface area contributed by atoms with E-state index in [1.807, 2.05) is 12.1 Å². The summed E-state index contributed by atoms with van der Waals surface area (Å²) in [5, 5.41) is 29.0. The zero-order valence-corrected chi connectivity index (χ0v) is 11.7. The number of benzene rings is 2. The van der Waals surface area contributed by atoms with Crippen LogP contribution in [0.1, 0.15) is 11.1 Å². The maximum Gasteiger partial charge on any atom is 0.297 e. The van der Waals surface area contributed by atoms with Crippen molar-refractivity contribution in [1.82, 2.24) is 0 Å². The molecule has 0 aliphatic heterocycles. The molecule has 0 aliphatic carbocycles. The standard InChI is InChI=1S/C14H4Cl2N3O2/c15-11-3-4-12(16)14(19(20)21)13(11)8-1-2-9(6-17)10(5-8)7-18/h1-2,4-5H. The molecule has 7 heteroatoms. The van der Waals surface area contributed by atoms with Crippen LogP contribution in [-0.2, 0) is 0 Å². The molecule has 0 saturated heterocycles. The third-order valence-corrected chi connectivity index (χ3v) is 3.33. The molecule has 0 N–H and O–H groups in total. The zero-order chi connectivity index (χ0) is 15.6. The van der Waals surface area contributed by atoms with Crippen LogP contribution in [0.4, 0.5) is 5.69 Å². The Balaban J connectivity index is 2.80. The van der Waals surface area contributed by atoms with Crippen LogP contribution >= 0.6 is 23.2 Å². The van der Waals surface area contributed by atoms with E-state index in [2.05, 4.69) is 6.07 Å². The van der Waals surface area contributed by atoms with Gasteiger partial charge in [0.25, 0.3) is 5.69 Å². The summed E-state index contributed by atoms with van der Waals surface area (Å²) in [6.07, 6.45) is 0. The maximum atomic E-state index is 11.2. The molecule has 0 spiro atoms. The Kier molecular flexibility index (Phi) is 4.09. The predicted octanol–water partition coefficient (Wildman–Crippen LogP) is 4.11. The second kappa shape index (κ2) is 5.80. The second-order valence-electron chi connectivity index (χ2n) is 3.92. The highest BCUT2D eigenvalue weighted by molar-refractivity contribution is 6.37. The smallest absolute Gasteiger partial charge is 0.258 e. The van der Waals surface area contributed by atoms with E-state index in [4.69, 9.17) is 33.7 Å². The third-order valence-electron chi connectivity index (χ3n) is 2.74. The second-order valence-corrected chi connectivity index (χ2v) is 4.70. The topological polar surface area (TPSA) is 90.7 Å². The summed E-state index contributed by atoms with van der Waals surface area (Å²) in [5.41, 5.74) is 0.288. The van der Waals surface area contributed by atoms with Gasteiger partial charge in [0.2, 0.25) is 0 Å². The molecule has 21 heavy (non-hydrogen) atoms. The molecule has 1 radical (unpaired) electrons. The first kappa shape index (κ1) is 14.8. The average Bonchev–Trinajstić information content (AvgIpc) is 2.48. The molecular weight excluding hydrogens is 313 g/mol. The van der Waals surface area contributed by atoms with Crippen molar-refractivity contribution in [3.63, 3.8) is 0 Å². The minimum atomic E-state index is -0.651. The fourth-order valence-corrected chi connectivity index (χ4v) is 2.29. The van der Waals surface area contributed by atoms with Gasteiger partial charge < -0.3 is 0 Å². The predicted molar refractivity (Wildman–Crippen MR) is 76.8 cm³/mol. The van der Waals surface area contributed by atoms with Crippen LogP contribution in [-0.4, -0.2) is 4.92 Å². The highest BCUT2D eigenvalue weighted by atomic mass is 35.5. The van der Waals surface area contributed by atoms with Gasteiger partial charge in [-0.1, -0.05) is 29.3 Å². The minimum absolute atomic E-state index is 0.0136. The zero-order valence-electron chi connectivity index (χ0n) is 10.2. The van der Waals surface area contributed by atoms with Crippen molar-refractivity contribution in [3.8, 4) is 23.3 Å². The average molecular weight is 317 g/mol. The van der Waals surface area contributed by atoms with Crippen LogP contribution in [0.5, 0.6) is 0 Å². The summed E-state index contributed by atoms with van der Waals surface area (Å²) in [7, 11) is 0. The van der Waals surface area contributed by atoms with E-state index in [0.29, 0.717) is 5.56 Å². The van der Waals surface area contributed by atoms with Crippen molar-refractivity contribution >= 4 is 28.9 Å². The van der Waals surface area contributed by atoms with Crippen LogP contribution in [0.25, 0.3) is 11.1 Å². The van der Waals surface area contributed by atoms with E-state index >= 15 is 0 Å². The van der Waals surface area contributed by atoms with Crippen molar-refractivity contribution in [2.24, 2.45) is 0 Å². The van der Waals surface area contributed by atoms with Gasteiger partial charge in [0.05, 0.1) is 26.6 Å². The Bertz CT molecular complexity index is 835. The van der Waals surface area contributed by atoms with Crippen molar-refractivity contribution in [2.45, 2.75) is 0 Å². The summed E-state index contributed by atoms with van der Waals surface area (Å²) < 4.78 is 0. The van der Waals surface area contributed by atoms with Gasteiger partial charge in [0.1, 0.15) is 17.2 Å². The molecule has 0 aliphatic rings. The fraction of sp³-hybridized carbons (Fsp3) is 0. The van der Waals surface area contributed by atoms with E-state index in [1.54, 1.807) is 0 Å². The van der Waals surface area contributed by atoms with Crippen LogP contribution in [0.3, 0.4) is 0 Å². The minimum Gasteiger partial charge on any atom is -0.258 e. The summed E-state index contributed by atoms with van der Waals surface area (Å²) in [5.74, 6) is 0. The van der Waals surface area contributed by atoms with Gasteiger partial charge in [-0.05, 0) is 23.8 Å². The van der Waals surface area contributed by atoms with E-state index in [0.717, 1.165) is 0 Å². The number of nitriles is 2. The Morgan fingerprint density at radius 2 is 1.86 bits per heavy atom. The number of nitro benzene ring substituents is 1. The molecule has 0 amide bonds. The van der Waals surface area contributed by atoms with Gasteiger partial charge in [0.15, 0.2) is 0 Å². The molecular formula is C14H4Cl2N3O2. The van der Waals surface area contributed by atoms with Gasteiger partial charge in [-0.3, -0.25) is 10.1 Å². The monoisotopic (exact) mass is 316 g/mol. The normalized spacial score (nSPS) is 9.71. The Morgan fingerprint density at radius 3 is 2.43 bits per heavy atom. The molecule has 0 aromatic heterocycles. The number of halogens is 2. The van der Waals surface area contributed by atoms with Crippen molar-refractivity contribution in [1.29, 1.82) is 10.5 Å². The van der Waals surface area contributed by atoms with Gasteiger partial charge in [-0.25, -0.2) is 0 Å². The first-order chi connectivity index (χ1) is 9.99. The van der Waals surface area contributed by atoms with Crippen LogP contribution < -0.4 is 0 Å². The van der Waals surface area contributed by atoms with Gasteiger partial charge in [-0.2, -0.15) is 10.5 Å². The van der Waals surface area contributed by atoms with Crippen LogP contribution in [0, 0.1) is 38.8 Å². The van der Waals surface area contributed by atoms with Crippen LogP contribution in [0.2, 0.25) is 10.0 Å². The lowest BCUT2D eigenvalue weighted by atomic mass is 9.99. The number of nitro groups is 1. The quantitative estimate of drug-likeness (QED) is 0.615. The van der Waals surface area contributed by atoms with Gasteiger partial charge in [-0.15, -0.1) is 0 Å². The molecule has 0 bridgehead atoms. The Hall–Kier alpha value is -2.60. The van der Waals surface area contributed by atoms with Gasteiger partial charge in [0, 0.05) is 6.07 Å². The molecule has 2 aromatic rings. The third kappa shape index (κ3) is 2.66. The number of rotatable bonds is 2. The molecule has 0 saturated carbocycles. The van der Waals surface area contributed by atoms with Crippen molar-refractivity contribution in [3.05, 3.63) is 61.6 Å². The molecule has 2 aromatic carbocycles. The molecule has 2 rings (SSSR count). The summed E-state index contributed by atoms with van der Waals surface area (Å²) in [6.45, 7) is 0. The Morgan fingerprint density at radius 1 is 1.19 bits per heavy atom. The molecule has 0 heterocycles. The van der Waals surface area contributed by atoms with E-state index in [-0.39, 0.29) is 32.4 Å². The van der Waals surface area contributed by atoms with Crippen molar-refractivity contribution in [2.75, 3.05) is 0 Å². The largest absolute Gasteiger partial charge is 0.297 e. The lowest BCUT2D eigenvalue weighted by Gasteiger charge is -2.07.